The van der Waals surface area contributed by atoms with E-state index in [0.717, 1.165) is 0 Å². The normalized spacial score (nSPS) is 7.87. The Balaban J connectivity index is 4.11. The Hall–Kier alpha value is 5.77. The van der Waals surface area contributed by atoms with E-state index in [1.165, 1.54) is 0 Å². The number of hydrogen-bond acceptors (Lipinski definition) is 1. The van der Waals surface area contributed by atoms with Crippen LogP contribution in [0.3, 0.4) is 0 Å². The molecular weight excluding hydrogens is 1030 g/mol. The van der Waals surface area contributed by atoms with Gasteiger partial charge in [0, 0.05) is 0 Å². The van der Waals surface area contributed by atoms with Gasteiger partial charge >= 0.3 is 635 Å². The van der Waals surface area contributed by atoms with Crippen LogP contribution >= 0.6 is 0 Å². The van der Waals surface area contributed by atoms with Gasteiger partial charge in [-0.05, 0) is 0 Å². The van der Waals surface area contributed by atoms with Crippen LogP contribution in [0.15, 0.2) is 0 Å². The summed E-state index contributed by atoms with van der Waals surface area (Å²) in [5.41, 5.74) is 0. The first kappa shape index (κ1) is 101. The Bertz CT molecular complexity index is 3450. The Morgan fingerprint density at radius 2 is 0.200 bits per heavy atom. The van der Waals surface area contributed by atoms with Crippen LogP contribution in [0.2, 0.25) is 0 Å². The van der Waals surface area contributed by atoms with Crippen molar-refractivity contribution in [1.29, 1.82) is 0 Å². The molecule has 0 atom stereocenters. The monoisotopic (exact) mass is 1060 g/mol. The van der Waals surface area contributed by atoms with Crippen LogP contribution < -0.4 is 0 Å². The SMILES string of the molecule is B=BB=BB=BB=BB=BB=BB=BB=BB=BB=BB=BB=BB=BB=BB=BB=BB=BB=BB=BB=BB=BB=BB=BB=BB=BB=BB=BB=BB=BB=BB=BB=BB=BB=BB=BB=BB=BB=BB=BB=BB=BB=BB=BB=BB=BB=BOCC. The van der Waals surface area contributed by atoms with E-state index in [9.17, 15) is 0 Å². The molecule has 0 rings (SSSR count). The van der Waals surface area contributed by atoms with E-state index in [1.54, 1.807) is 13.7 Å². The molecule has 0 aliphatic rings. The van der Waals surface area contributed by atoms with Gasteiger partial charge in [-0.1, -0.05) is 0 Å². The Kier molecular flexibility index (Phi) is 106. The topological polar surface area (TPSA) is 9.23 Å². The van der Waals surface area contributed by atoms with E-state index in [0.29, 0.717) is 6.61 Å². The van der Waals surface area contributed by atoms with Crippen LogP contribution in [0.5, 0.6) is 0 Å². The van der Waals surface area contributed by atoms with Gasteiger partial charge in [-0.25, -0.2) is 0 Å². The van der Waals surface area contributed by atoms with Gasteiger partial charge in [0.05, 0.1) is 0 Å². The van der Waals surface area contributed by atoms with Gasteiger partial charge in [-0.2, -0.15) is 0 Å². The summed E-state index contributed by atoms with van der Waals surface area (Å²) in [6, 6.07) is 0. The van der Waals surface area contributed by atoms with Gasteiger partial charge in [0.1, 0.15) is 0 Å². The zero-order valence-electron chi connectivity index (χ0n) is 55.4. The minimum atomic E-state index is 0.683. The molecule has 0 aliphatic carbocycles. The third kappa shape index (κ3) is 99.8. The van der Waals surface area contributed by atoms with Crippen LogP contribution in [0.25, 0.3) is 0 Å². The first-order valence-electron chi connectivity index (χ1n) is 31.6. The second kappa shape index (κ2) is 99.8. The standard InChI is InChI=1S/C2H6B92O/c1-2-95-94-93-92-91-90-89-88-87-86-85-84-83-82-81-80-79-78-77-76-75-74-73-72-71-70-69-68-67-66-65-64-63-62-61-60-59-58-57-56-55-54-53-52-51-50-49-48-47-46-45-44-43-42-41-40-39-38-37-36-35-34-33-32-31-30-29-28-27-26-25-24-23-22-21-20-19-18-17-16-15-14-13-12-11-10-9-8-7-6-5-4-3/h3H,2H2,1H3. The van der Waals surface area contributed by atoms with Crippen LogP contribution in [0.1, 0.15) is 6.92 Å². The van der Waals surface area contributed by atoms with Crippen molar-refractivity contribution >= 4 is 617 Å². The van der Waals surface area contributed by atoms with Crippen molar-refractivity contribution in [2.24, 2.45) is 0 Å². The van der Waals surface area contributed by atoms with Crippen molar-refractivity contribution in [1.82, 2.24) is 0 Å². The fourth-order valence-corrected chi connectivity index (χ4v) is 5.86. The molecule has 0 aliphatic heterocycles. The van der Waals surface area contributed by atoms with Crippen molar-refractivity contribution in [3.8, 4) is 0 Å². The summed E-state index contributed by atoms with van der Waals surface area (Å²) in [6.45, 7) is 182. The van der Waals surface area contributed by atoms with Gasteiger partial charge in [-0.3, -0.25) is 0 Å². The molecule has 0 saturated heterocycles. The maximum absolute atomic E-state index is 5.12. The van der Waals surface area contributed by atoms with Gasteiger partial charge in [-0.15, -0.1) is 0 Å². The molecule has 93 heteroatoms. The molecule has 1 nitrogen and oxygen atoms in total. The first-order valence-corrected chi connectivity index (χ1v) is 31.6. The molecule has 0 aromatic carbocycles. The molecule has 0 saturated carbocycles. The molecule has 0 bridgehead atoms. The van der Waals surface area contributed by atoms with Crippen LogP contribution in [-0.2, 0) is 4.65 Å². The summed E-state index contributed by atoms with van der Waals surface area (Å²) in [5.74, 6) is 0. The maximum atomic E-state index is 5.12. The quantitative estimate of drug-likeness (QED) is 0.0552. The van der Waals surface area contributed by atoms with E-state index in [4.69, 9.17) is 4.65 Å². The average Bonchev–Trinajstić information content (AvgIpc) is 3.59. The van der Waals surface area contributed by atoms with E-state index in [1.807, 2.05) is 603 Å². The van der Waals surface area contributed by atoms with Crippen molar-refractivity contribution in [3.63, 3.8) is 0 Å². The summed E-state index contributed by atoms with van der Waals surface area (Å²) >= 11 is 0. The average molecular weight is 1040 g/mol. The van der Waals surface area contributed by atoms with Crippen molar-refractivity contribution in [2.45, 2.75) is 6.92 Å². The van der Waals surface area contributed by atoms with Gasteiger partial charge in [0.2, 0.25) is 0 Å². The second-order valence-corrected chi connectivity index (χ2v) is 18.0. The Labute approximate surface area is 628 Å². The molecule has 296 valence electrons. The van der Waals surface area contributed by atoms with Gasteiger partial charge in [0.15, 0.2) is 0 Å². The third-order valence-electron chi connectivity index (χ3n) is 10.3. The molecule has 0 N–H and O–H groups in total. The van der Waals surface area contributed by atoms with Crippen molar-refractivity contribution in [2.75, 3.05) is 6.61 Å². The number of rotatable bonds is 47. The van der Waals surface area contributed by atoms with Gasteiger partial charge < -0.3 is 0 Å². The summed E-state index contributed by atoms with van der Waals surface area (Å²) in [4.78, 5) is 0. The zero-order valence-corrected chi connectivity index (χ0v) is 55.4. The first-order chi connectivity index (χ1) is 47.4. The summed E-state index contributed by atoms with van der Waals surface area (Å²) < 4.78 is 5.12. The molecule has 0 aromatic heterocycles. The fourth-order valence-electron chi connectivity index (χ4n) is 5.86. The van der Waals surface area contributed by atoms with Crippen molar-refractivity contribution in [3.05, 3.63) is 0 Å². The molecule has 0 radical (unpaired) electrons. The molecule has 0 aromatic rings. The third-order valence-corrected chi connectivity index (χ3v) is 10.3. The van der Waals surface area contributed by atoms with E-state index >= 15 is 0 Å². The molecule has 0 spiro atoms. The molecule has 0 heterocycles. The van der Waals surface area contributed by atoms with E-state index < -0.39 is 0 Å². The summed E-state index contributed by atoms with van der Waals surface area (Å²) in [6.07, 6.45) is 0. The van der Waals surface area contributed by atoms with Crippen molar-refractivity contribution < 1.29 is 4.65 Å². The second-order valence-electron chi connectivity index (χ2n) is 18.0. The minimum absolute atomic E-state index is 0.683. The van der Waals surface area contributed by atoms with Crippen LogP contribution in [0, 0.1) is 0 Å². The van der Waals surface area contributed by atoms with Crippen LogP contribution in [-0.4, -0.2) is 623 Å². The zero-order chi connectivity index (χ0) is 67.8. The molecule has 0 amide bonds. The molecule has 0 unspecified atom stereocenters. The molecule has 0 fully saturated rings. The fraction of sp³-hybridized carbons (Fsp3) is 1.00. The van der Waals surface area contributed by atoms with Crippen LogP contribution in [0.4, 0.5) is 0 Å². The Morgan fingerprint density at radius 1 is 0.126 bits per heavy atom. The van der Waals surface area contributed by atoms with E-state index in [2.05, 4.69) is 7.37 Å². The van der Waals surface area contributed by atoms with E-state index in [-0.39, 0.29) is 0 Å². The predicted molar refractivity (Wildman–Crippen MR) is 542 cm³/mol. The molecule has 95 heavy (non-hydrogen) atoms. The predicted octanol–water partition coefficient (Wildman–Crippen LogP) is -34.8. The molecular formula is C2H6B92O. The number of hydrogen-bond donors (Lipinski definition) is 0. The van der Waals surface area contributed by atoms with Gasteiger partial charge in [0.25, 0.3) is 0 Å². The summed E-state index contributed by atoms with van der Waals surface area (Å²) in [5, 5.41) is 0. The Morgan fingerprint density at radius 3 is 0.274 bits per heavy atom. The summed E-state index contributed by atoms with van der Waals surface area (Å²) in [7, 11) is 5.31.